The summed E-state index contributed by atoms with van der Waals surface area (Å²) in [4.78, 5) is 63.5. The third kappa shape index (κ3) is 2.98. The Balaban J connectivity index is 1.52. The number of hydrogen-bond acceptors (Lipinski definition) is 5. The quantitative estimate of drug-likeness (QED) is 0.484. The molecule has 0 bridgehead atoms. The number of carbonyl (C=O) groups is 5. The smallest absolute Gasteiger partial charge is 0.326 e. The number of amides is 5. The van der Waals surface area contributed by atoms with Gasteiger partial charge in [0.2, 0.25) is 5.91 Å². The van der Waals surface area contributed by atoms with Crippen LogP contribution in [0.15, 0.2) is 18.2 Å². The summed E-state index contributed by atoms with van der Waals surface area (Å²) in [5.41, 5.74) is 1.65. The van der Waals surface area contributed by atoms with E-state index in [-0.39, 0.29) is 24.3 Å². The molecule has 8 heteroatoms. The van der Waals surface area contributed by atoms with E-state index in [0.29, 0.717) is 23.2 Å². The highest BCUT2D eigenvalue weighted by Gasteiger charge is 2.49. The number of imide groups is 2. The van der Waals surface area contributed by atoms with Crippen LogP contribution in [0.3, 0.4) is 0 Å². The summed E-state index contributed by atoms with van der Waals surface area (Å²) in [6, 6.07) is 3.75. The molecule has 0 spiro atoms. The Kier molecular flexibility index (Phi) is 4.49. The van der Waals surface area contributed by atoms with Gasteiger partial charge in [0.25, 0.3) is 0 Å². The SMILES string of the molecule is C[C@@H]1CCCC[C@@H]1N1C(=O)C(=O)N(CC(=O)c2ccc3c(c2)CC(=O)N3)C1=O. The lowest BCUT2D eigenvalue weighted by molar-refractivity contribution is -0.144. The van der Waals surface area contributed by atoms with Gasteiger partial charge < -0.3 is 5.32 Å². The molecule has 2 heterocycles. The number of ketones is 1. The van der Waals surface area contributed by atoms with Crippen LogP contribution < -0.4 is 5.32 Å². The predicted molar refractivity (Wildman–Crippen MR) is 98.5 cm³/mol. The van der Waals surface area contributed by atoms with Gasteiger partial charge in [0.05, 0.1) is 13.0 Å². The maximum atomic E-state index is 12.8. The molecule has 2 aliphatic heterocycles. The Morgan fingerprint density at radius 2 is 1.86 bits per heavy atom. The fraction of sp³-hybridized carbons (Fsp3) is 0.450. The Hall–Kier alpha value is -3.03. The third-order valence-corrected chi connectivity index (χ3v) is 5.84. The molecule has 1 aliphatic carbocycles. The van der Waals surface area contributed by atoms with Crippen LogP contribution in [0.2, 0.25) is 0 Å². The zero-order valence-corrected chi connectivity index (χ0v) is 15.6. The van der Waals surface area contributed by atoms with Crippen molar-refractivity contribution in [2.75, 3.05) is 11.9 Å². The van der Waals surface area contributed by atoms with E-state index in [9.17, 15) is 24.0 Å². The fourth-order valence-electron chi connectivity index (χ4n) is 4.27. The lowest BCUT2D eigenvalue weighted by atomic mass is 9.85. The standard InChI is InChI=1S/C20H21N3O5/c1-11-4-2-3-5-15(11)23-19(27)18(26)22(20(23)28)10-16(24)12-6-7-14-13(8-12)9-17(25)21-14/h6-8,11,15H,2-5,9-10H2,1H3,(H,21,25)/t11-,15+/m1/s1. The number of fused-ring (bicyclic) bond motifs is 1. The molecule has 0 unspecified atom stereocenters. The van der Waals surface area contributed by atoms with E-state index in [1.807, 2.05) is 6.92 Å². The molecular weight excluding hydrogens is 362 g/mol. The number of benzene rings is 1. The van der Waals surface area contributed by atoms with Gasteiger partial charge in [0.15, 0.2) is 5.78 Å². The molecule has 1 aromatic rings. The number of nitrogens with one attached hydrogen (secondary N) is 1. The molecule has 0 aromatic heterocycles. The fourth-order valence-corrected chi connectivity index (χ4v) is 4.27. The number of urea groups is 1. The van der Waals surface area contributed by atoms with Crippen LogP contribution in [0, 0.1) is 5.92 Å². The number of Topliss-reactive ketones (excluding diaryl/α,β-unsaturated/α-hetero) is 1. The van der Waals surface area contributed by atoms with Crippen molar-refractivity contribution >= 4 is 35.2 Å². The van der Waals surface area contributed by atoms with Crippen LogP contribution >= 0.6 is 0 Å². The van der Waals surface area contributed by atoms with Crippen LogP contribution in [-0.4, -0.2) is 51.9 Å². The highest BCUT2D eigenvalue weighted by Crippen LogP contribution is 2.31. The van der Waals surface area contributed by atoms with E-state index in [1.54, 1.807) is 18.2 Å². The van der Waals surface area contributed by atoms with Gasteiger partial charge in [0.1, 0.15) is 0 Å². The van der Waals surface area contributed by atoms with Crippen LogP contribution in [0.4, 0.5) is 10.5 Å². The molecule has 1 saturated carbocycles. The molecule has 4 rings (SSSR count). The highest BCUT2D eigenvalue weighted by atomic mass is 16.2. The van der Waals surface area contributed by atoms with Crippen LogP contribution in [-0.2, 0) is 20.8 Å². The molecule has 28 heavy (non-hydrogen) atoms. The second kappa shape index (κ2) is 6.85. The van der Waals surface area contributed by atoms with Crippen molar-refractivity contribution in [3.63, 3.8) is 0 Å². The van der Waals surface area contributed by atoms with Crippen LogP contribution in [0.1, 0.15) is 48.5 Å². The van der Waals surface area contributed by atoms with Crippen molar-refractivity contribution in [3.8, 4) is 0 Å². The monoisotopic (exact) mass is 383 g/mol. The van der Waals surface area contributed by atoms with Crippen LogP contribution in [0.25, 0.3) is 0 Å². The van der Waals surface area contributed by atoms with E-state index in [2.05, 4.69) is 5.32 Å². The summed E-state index contributed by atoms with van der Waals surface area (Å²) in [7, 11) is 0. The van der Waals surface area contributed by atoms with Crippen molar-refractivity contribution < 1.29 is 24.0 Å². The van der Waals surface area contributed by atoms with E-state index in [1.165, 1.54) is 0 Å². The van der Waals surface area contributed by atoms with Gasteiger partial charge in [-0.1, -0.05) is 19.8 Å². The number of carbonyl (C=O) groups excluding carboxylic acids is 5. The van der Waals surface area contributed by atoms with E-state index in [4.69, 9.17) is 0 Å². The maximum absolute atomic E-state index is 12.8. The molecule has 146 valence electrons. The Morgan fingerprint density at radius 3 is 2.61 bits per heavy atom. The zero-order chi connectivity index (χ0) is 20.0. The van der Waals surface area contributed by atoms with Crippen molar-refractivity contribution in [1.82, 2.24) is 9.80 Å². The first-order valence-electron chi connectivity index (χ1n) is 9.52. The van der Waals surface area contributed by atoms with E-state index >= 15 is 0 Å². The number of hydrogen-bond donors (Lipinski definition) is 1. The van der Waals surface area contributed by atoms with Gasteiger partial charge >= 0.3 is 17.8 Å². The molecule has 1 N–H and O–H groups in total. The van der Waals surface area contributed by atoms with Gasteiger partial charge in [-0.15, -0.1) is 0 Å². The molecule has 1 saturated heterocycles. The number of anilines is 1. The first-order chi connectivity index (χ1) is 13.4. The molecular formula is C20H21N3O5. The first-order valence-corrected chi connectivity index (χ1v) is 9.52. The second-order valence-corrected chi connectivity index (χ2v) is 7.70. The van der Waals surface area contributed by atoms with Crippen molar-refractivity contribution in [2.24, 2.45) is 5.92 Å². The number of rotatable bonds is 4. The summed E-state index contributed by atoms with van der Waals surface area (Å²) in [5.74, 6) is -2.26. The molecule has 0 radical (unpaired) electrons. The van der Waals surface area contributed by atoms with Gasteiger partial charge in [-0.2, -0.15) is 0 Å². The zero-order valence-electron chi connectivity index (χ0n) is 15.6. The molecule has 3 aliphatic rings. The van der Waals surface area contributed by atoms with Gasteiger partial charge in [0, 0.05) is 17.3 Å². The first kappa shape index (κ1) is 18.3. The lowest BCUT2D eigenvalue weighted by Crippen LogP contribution is -2.46. The summed E-state index contributed by atoms with van der Waals surface area (Å²) < 4.78 is 0. The average molecular weight is 383 g/mol. The molecule has 1 aromatic carbocycles. The molecule has 5 amide bonds. The maximum Gasteiger partial charge on any atom is 0.334 e. The summed E-state index contributed by atoms with van der Waals surface area (Å²) in [5, 5.41) is 2.68. The van der Waals surface area contributed by atoms with Crippen molar-refractivity contribution in [2.45, 2.75) is 45.1 Å². The second-order valence-electron chi connectivity index (χ2n) is 7.70. The topological polar surface area (TPSA) is 104 Å². The largest absolute Gasteiger partial charge is 0.334 e. The van der Waals surface area contributed by atoms with Gasteiger partial charge in [-0.3, -0.25) is 24.1 Å². The minimum atomic E-state index is -0.950. The number of nitrogens with zero attached hydrogens (tertiary/aromatic N) is 2. The Morgan fingerprint density at radius 1 is 1.11 bits per heavy atom. The Bertz CT molecular complexity index is 909. The summed E-state index contributed by atoms with van der Waals surface area (Å²) in [6.45, 7) is 1.49. The normalized spacial score (nSPS) is 24.6. The molecule has 2 atom stereocenters. The summed E-state index contributed by atoms with van der Waals surface area (Å²) in [6.07, 6.45) is 3.71. The highest BCUT2D eigenvalue weighted by molar-refractivity contribution is 6.45. The van der Waals surface area contributed by atoms with Gasteiger partial charge in [-0.25, -0.2) is 9.69 Å². The molecule has 8 nitrogen and oxygen atoms in total. The predicted octanol–water partition coefficient (Wildman–Crippen LogP) is 1.73. The third-order valence-electron chi connectivity index (χ3n) is 5.84. The molecule has 2 fully saturated rings. The van der Waals surface area contributed by atoms with Gasteiger partial charge in [-0.05, 0) is 42.5 Å². The van der Waals surface area contributed by atoms with E-state index in [0.717, 1.165) is 29.1 Å². The lowest BCUT2D eigenvalue weighted by Gasteiger charge is -2.34. The van der Waals surface area contributed by atoms with Crippen molar-refractivity contribution in [3.05, 3.63) is 29.3 Å². The van der Waals surface area contributed by atoms with Crippen LogP contribution in [0.5, 0.6) is 0 Å². The summed E-state index contributed by atoms with van der Waals surface area (Å²) >= 11 is 0. The van der Waals surface area contributed by atoms with E-state index < -0.39 is 30.2 Å². The van der Waals surface area contributed by atoms with Crippen molar-refractivity contribution in [1.29, 1.82) is 0 Å². The minimum Gasteiger partial charge on any atom is -0.326 e. The average Bonchev–Trinajstić information content (AvgIpc) is 3.14. The Labute approximate surface area is 161 Å². The minimum absolute atomic E-state index is 0.131.